The summed E-state index contributed by atoms with van der Waals surface area (Å²) in [5, 5.41) is 9.71. The number of rotatable bonds is 4. The van der Waals surface area contributed by atoms with E-state index in [2.05, 4.69) is 15.5 Å². The number of ether oxygens (including phenoxy) is 2. The van der Waals surface area contributed by atoms with Crippen molar-refractivity contribution in [2.75, 3.05) is 26.8 Å². The van der Waals surface area contributed by atoms with Crippen molar-refractivity contribution in [2.45, 2.75) is 39.3 Å². The Morgan fingerprint density at radius 1 is 1.39 bits per heavy atom. The maximum atomic E-state index is 12.2. The van der Waals surface area contributed by atoms with Crippen LogP contribution in [0.4, 0.5) is 4.79 Å². The Labute approximate surface area is 135 Å². The number of nitrogens with one attached hydrogen (secondary N) is 2. The third kappa shape index (κ3) is 4.44. The van der Waals surface area contributed by atoms with Crippen molar-refractivity contribution < 1.29 is 19.1 Å². The Hall–Kier alpha value is -2.09. The van der Waals surface area contributed by atoms with Gasteiger partial charge >= 0.3 is 6.09 Å². The molecule has 0 unspecified atom stereocenters. The standard InChI is InChI=1S/C15H24N4O4/c1-15(2,3)23-14(21)19-7-5-11-10(9-19)12(18-17-11)13(20)16-6-8-22-4/h5-9H2,1-4H3,(H,16,20)(H,17,18). The van der Waals surface area contributed by atoms with E-state index in [0.717, 1.165) is 11.3 Å². The third-order valence-corrected chi connectivity index (χ3v) is 3.39. The lowest BCUT2D eigenvalue weighted by Crippen LogP contribution is -2.40. The lowest BCUT2D eigenvalue weighted by Gasteiger charge is -2.30. The van der Waals surface area contributed by atoms with Crippen molar-refractivity contribution in [3.63, 3.8) is 0 Å². The van der Waals surface area contributed by atoms with E-state index in [1.807, 2.05) is 20.8 Å². The number of aromatic amines is 1. The van der Waals surface area contributed by atoms with Crippen LogP contribution in [-0.2, 0) is 22.4 Å². The minimum Gasteiger partial charge on any atom is -0.444 e. The largest absolute Gasteiger partial charge is 0.444 e. The van der Waals surface area contributed by atoms with Gasteiger partial charge in [0.1, 0.15) is 5.60 Å². The lowest BCUT2D eigenvalue weighted by molar-refractivity contribution is 0.0222. The van der Waals surface area contributed by atoms with Gasteiger partial charge in [-0.2, -0.15) is 5.10 Å². The molecule has 0 fully saturated rings. The second-order valence-electron chi connectivity index (χ2n) is 6.43. The number of nitrogens with zero attached hydrogens (tertiary/aromatic N) is 2. The molecule has 0 atom stereocenters. The molecule has 2 amide bonds. The summed E-state index contributed by atoms with van der Waals surface area (Å²) in [6.45, 7) is 7.17. The van der Waals surface area contributed by atoms with Crippen LogP contribution >= 0.6 is 0 Å². The van der Waals surface area contributed by atoms with Crippen molar-refractivity contribution in [3.8, 4) is 0 Å². The average Bonchev–Trinajstić information content (AvgIpc) is 2.88. The zero-order chi connectivity index (χ0) is 17.0. The first kappa shape index (κ1) is 17.3. The maximum absolute atomic E-state index is 12.2. The smallest absolute Gasteiger partial charge is 0.410 e. The monoisotopic (exact) mass is 324 g/mol. The van der Waals surface area contributed by atoms with Crippen molar-refractivity contribution in [3.05, 3.63) is 17.0 Å². The number of amides is 2. The molecule has 2 N–H and O–H groups in total. The fourth-order valence-corrected chi connectivity index (χ4v) is 2.32. The summed E-state index contributed by atoms with van der Waals surface area (Å²) < 4.78 is 10.3. The molecule has 1 aliphatic rings. The molecule has 128 valence electrons. The average molecular weight is 324 g/mol. The summed E-state index contributed by atoms with van der Waals surface area (Å²) in [5.74, 6) is -0.273. The normalized spacial score (nSPS) is 14.3. The third-order valence-electron chi connectivity index (χ3n) is 3.39. The molecule has 0 bridgehead atoms. The molecular weight excluding hydrogens is 300 g/mol. The van der Waals surface area contributed by atoms with E-state index in [1.54, 1.807) is 12.0 Å². The summed E-state index contributed by atoms with van der Waals surface area (Å²) in [6.07, 6.45) is 0.238. The topological polar surface area (TPSA) is 96.5 Å². The number of methoxy groups -OCH3 is 1. The van der Waals surface area contributed by atoms with Gasteiger partial charge in [0.15, 0.2) is 5.69 Å². The Morgan fingerprint density at radius 2 is 2.13 bits per heavy atom. The van der Waals surface area contributed by atoms with Gasteiger partial charge in [0.05, 0.1) is 13.2 Å². The van der Waals surface area contributed by atoms with Gasteiger partial charge in [0.2, 0.25) is 0 Å². The van der Waals surface area contributed by atoms with Crippen molar-refractivity contribution in [1.82, 2.24) is 20.4 Å². The van der Waals surface area contributed by atoms with Crippen LogP contribution in [0.1, 0.15) is 42.5 Å². The van der Waals surface area contributed by atoms with Crippen LogP contribution < -0.4 is 5.32 Å². The fraction of sp³-hybridized carbons (Fsp3) is 0.667. The zero-order valence-corrected chi connectivity index (χ0v) is 14.1. The number of fused-ring (bicyclic) bond motifs is 1. The van der Waals surface area contributed by atoms with Gasteiger partial charge in [-0.1, -0.05) is 0 Å². The van der Waals surface area contributed by atoms with E-state index in [0.29, 0.717) is 38.4 Å². The molecule has 0 aromatic carbocycles. The van der Waals surface area contributed by atoms with Gasteiger partial charge in [-0.25, -0.2) is 4.79 Å². The highest BCUT2D eigenvalue weighted by molar-refractivity contribution is 5.94. The molecule has 0 radical (unpaired) electrons. The molecule has 8 nitrogen and oxygen atoms in total. The highest BCUT2D eigenvalue weighted by Gasteiger charge is 2.30. The predicted molar refractivity (Wildman–Crippen MR) is 83.1 cm³/mol. The molecule has 0 aliphatic carbocycles. The van der Waals surface area contributed by atoms with Gasteiger partial charge in [0.25, 0.3) is 5.91 Å². The number of hydrogen-bond donors (Lipinski definition) is 2. The minimum absolute atomic E-state index is 0.273. The molecule has 1 aliphatic heterocycles. The van der Waals surface area contributed by atoms with Gasteiger partial charge in [-0.15, -0.1) is 0 Å². The quantitative estimate of drug-likeness (QED) is 0.808. The van der Waals surface area contributed by atoms with Crippen molar-refractivity contribution in [2.24, 2.45) is 0 Å². The Kier molecular flexibility index (Phi) is 5.25. The summed E-state index contributed by atoms with van der Waals surface area (Å²) in [6, 6.07) is 0. The van der Waals surface area contributed by atoms with E-state index in [1.165, 1.54) is 0 Å². The first-order chi connectivity index (χ1) is 10.8. The number of aromatic nitrogens is 2. The van der Waals surface area contributed by atoms with E-state index in [-0.39, 0.29) is 12.0 Å². The number of hydrogen-bond acceptors (Lipinski definition) is 5. The van der Waals surface area contributed by atoms with Crippen LogP contribution in [0, 0.1) is 0 Å². The predicted octanol–water partition coefficient (Wildman–Crippen LogP) is 1.08. The van der Waals surface area contributed by atoms with Crippen LogP contribution in [0.5, 0.6) is 0 Å². The highest BCUT2D eigenvalue weighted by Crippen LogP contribution is 2.22. The summed E-state index contributed by atoms with van der Waals surface area (Å²) in [7, 11) is 1.57. The Bertz CT molecular complexity index is 577. The molecular formula is C15H24N4O4. The number of H-pyrrole nitrogens is 1. The van der Waals surface area contributed by atoms with E-state index >= 15 is 0 Å². The van der Waals surface area contributed by atoms with Gasteiger partial charge < -0.3 is 19.7 Å². The van der Waals surface area contributed by atoms with Gasteiger partial charge in [-0.3, -0.25) is 9.89 Å². The van der Waals surface area contributed by atoms with Crippen LogP contribution in [0.15, 0.2) is 0 Å². The highest BCUT2D eigenvalue weighted by atomic mass is 16.6. The Balaban J connectivity index is 2.06. The van der Waals surface area contributed by atoms with Gasteiger partial charge in [0, 0.05) is 37.9 Å². The summed E-state index contributed by atoms with van der Waals surface area (Å²) >= 11 is 0. The molecule has 2 rings (SSSR count). The van der Waals surface area contributed by atoms with Crippen LogP contribution in [0.3, 0.4) is 0 Å². The van der Waals surface area contributed by atoms with Crippen molar-refractivity contribution in [1.29, 1.82) is 0 Å². The summed E-state index contributed by atoms with van der Waals surface area (Å²) in [5.41, 5.74) is 1.41. The second kappa shape index (κ2) is 6.99. The molecule has 8 heteroatoms. The summed E-state index contributed by atoms with van der Waals surface area (Å²) in [4.78, 5) is 26.0. The van der Waals surface area contributed by atoms with Crippen LogP contribution in [-0.4, -0.2) is 59.5 Å². The number of carbonyl (C=O) groups excluding carboxylic acids is 2. The van der Waals surface area contributed by atoms with Crippen molar-refractivity contribution >= 4 is 12.0 Å². The first-order valence-electron chi connectivity index (χ1n) is 7.63. The molecule has 1 aromatic heterocycles. The second-order valence-corrected chi connectivity index (χ2v) is 6.43. The molecule has 0 spiro atoms. The minimum atomic E-state index is -0.548. The fourth-order valence-electron chi connectivity index (χ4n) is 2.32. The first-order valence-corrected chi connectivity index (χ1v) is 7.63. The SMILES string of the molecule is COCCNC(=O)c1n[nH]c2c1CN(C(=O)OC(C)(C)C)CC2. The molecule has 0 saturated carbocycles. The zero-order valence-electron chi connectivity index (χ0n) is 14.1. The van der Waals surface area contributed by atoms with E-state index < -0.39 is 5.60 Å². The molecule has 23 heavy (non-hydrogen) atoms. The molecule has 2 heterocycles. The molecule has 1 aromatic rings. The Morgan fingerprint density at radius 3 is 2.78 bits per heavy atom. The van der Waals surface area contributed by atoms with E-state index in [9.17, 15) is 9.59 Å². The van der Waals surface area contributed by atoms with Crippen LogP contribution in [0.2, 0.25) is 0 Å². The lowest BCUT2D eigenvalue weighted by atomic mass is 10.1. The maximum Gasteiger partial charge on any atom is 0.410 e. The van der Waals surface area contributed by atoms with Crippen LogP contribution in [0.25, 0.3) is 0 Å². The molecule has 0 saturated heterocycles. The van der Waals surface area contributed by atoms with Gasteiger partial charge in [-0.05, 0) is 20.8 Å². The number of carbonyl (C=O) groups is 2. The van der Waals surface area contributed by atoms with E-state index in [4.69, 9.17) is 9.47 Å².